The van der Waals surface area contributed by atoms with E-state index in [0.717, 1.165) is 19.8 Å². The van der Waals surface area contributed by atoms with E-state index in [1.165, 1.54) is 11.8 Å². The van der Waals surface area contributed by atoms with Crippen LogP contribution in [0.25, 0.3) is 0 Å². The number of hydrogen-bond acceptors (Lipinski definition) is 6. The van der Waals surface area contributed by atoms with Gasteiger partial charge in [0.25, 0.3) is 10.0 Å². The largest absolute Gasteiger partial charge is 0.492 e. The van der Waals surface area contributed by atoms with Gasteiger partial charge in [0.1, 0.15) is 12.3 Å². The molecule has 0 heterocycles. The van der Waals surface area contributed by atoms with Crippen LogP contribution in [-0.4, -0.2) is 39.5 Å². The number of benzene rings is 3. The maximum absolute atomic E-state index is 13.7. The second-order valence-electron chi connectivity index (χ2n) is 7.07. The second kappa shape index (κ2) is 12.2. The van der Waals surface area contributed by atoms with Crippen LogP contribution in [0, 0.1) is 0 Å². The lowest BCUT2D eigenvalue weighted by atomic mass is 10.3. The quantitative estimate of drug-likeness (QED) is 0.327. The van der Waals surface area contributed by atoms with Gasteiger partial charge in [-0.2, -0.15) is 0 Å². The van der Waals surface area contributed by atoms with Gasteiger partial charge in [0, 0.05) is 9.79 Å². The van der Waals surface area contributed by atoms with Crippen LogP contribution in [-0.2, 0) is 14.8 Å². The van der Waals surface area contributed by atoms with E-state index in [0.29, 0.717) is 23.7 Å². The summed E-state index contributed by atoms with van der Waals surface area (Å²) in [6.45, 7) is 3.82. The Balaban J connectivity index is 1.99. The molecule has 9 heteroatoms. The van der Waals surface area contributed by atoms with Crippen LogP contribution in [0.2, 0.25) is 0 Å². The van der Waals surface area contributed by atoms with Gasteiger partial charge < -0.3 is 10.1 Å². The molecule has 0 fully saturated rings. The van der Waals surface area contributed by atoms with E-state index >= 15 is 0 Å². The molecular weight excluding hydrogens is 488 g/mol. The minimum Gasteiger partial charge on any atom is -0.492 e. The number of hydrogen-bond donors (Lipinski definition) is 1. The molecule has 0 aliphatic carbocycles. The number of ether oxygens (including phenoxy) is 1. The summed E-state index contributed by atoms with van der Waals surface area (Å²) in [4.78, 5) is 15.1. The number of rotatable bonds is 11. The molecular formula is C25H28N2O4S3. The van der Waals surface area contributed by atoms with Crippen molar-refractivity contribution in [1.29, 1.82) is 0 Å². The fourth-order valence-corrected chi connectivity index (χ4v) is 5.89. The van der Waals surface area contributed by atoms with Gasteiger partial charge >= 0.3 is 0 Å². The van der Waals surface area contributed by atoms with Gasteiger partial charge in [-0.15, -0.1) is 23.5 Å². The van der Waals surface area contributed by atoms with Gasteiger partial charge in [0.15, 0.2) is 0 Å². The lowest BCUT2D eigenvalue weighted by Gasteiger charge is -2.26. The Labute approximate surface area is 210 Å². The Bertz CT molecular complexity index is 1210. The number of anilines is 2. The number of carbonyl (C=O) groups is 1. The normalized spacial score (nSPS) is 11.1. The summed E-state index contributed by atoms with van der Waals surface area (Å²) >= 11 is 3.13. The molecule has 6 nitrogen and oxygen atoms in total. The van der Waals surface area contributed by atoms with Crippen molar-refractivity contribution >= 4 is 50.8 Å². The number of nitrogens with one attached hydrogen (secondary N) is 1. The van der Waals surface area contributed by atoms with Crippen molar-refractivity contribution in [3.63, 3.8) is 0 Å². The minimum atomic E-state index is -4.05. The number of thioether (sulfide) groups is 2. The van der Waals surface area contributed by atoms with Gasteiger partial charge in [-0.25, -0.2) is 8.42 Å². The highest BCUT2D eigenvalue weighted by Crippen LogP contribution is 2.33. The summed E-state index contributed by atoms with van der Waals surface area (Å²) < 4.78 is 34.3. The molecule has 0 atom stereocenters. The molecule has 0 saturated carbocycles. The molecule has 0 saturated heterocycles. The topological polar surface area (TPSA) is 75.7 Å². The first kappa shape index (κ1) is 26.0. The predicted molar refractivity (Wildman–Crippen MR) is 142 cm³/mol. The Hall–Kier alpha value is -2.62. The zero-order valence-corrected chi connectivity index (χ0v) is 21.8. The van der Waals surface area contributed by atoms with Crippen molar-refractivity contribution in [2.45, 2.75) is 28.5 Å². The van der Waals surface area contributed by atoms with Crippen molar-refractivity contribution in [3.05, 3.63) is 72.8 Å². The van der Waals surface area contributed by atoms with Crippen molar-refractivity contribution in [2.24, 2.45) is 0 Å². The highest BCUT2D eigenvalue weighted by atomic mass is 32.2. The van der Waals surface area contributed by atoms with Crippen LogP contribution in [0.15, 0.2) is 87.5 Å². The first-order valence-electron chi connectivity index (χ1n) is 10.8. The smallest absolute Gasteiger partial charge is 0.264 e. The Morgan fingerprint density at radius 1 is 0.971 bits per heavy atom. The average molecular weight is 517 g/mol. The molecule has 1 N–H and O–H groups in total. The first-order valence-corrected chi connectivity index (χ1v) is 14.5. The molecule has 0 spiro atoms. The summed E-state index contributed by atoms with van der Waals surface area (Å²) in [5.41, 5.74) is 0.962. The predicted octanol–water partition coefficient (Wildman–Crippen LogP) is 5.75. The maximum Gasteiger partial charge on any atom is 0.264 e. The summed E-state index contributed by atoms with van der Waals surface area (Å²) in [7, 11) is -4.05. The number of sulfonamides is 1. The van der Waals surface area contributed by atoms with Crippen LogP contribution < -0.4 is 14.4 Å². The standard InChI is InChI=1S/C25H28N2O4S3/c1-4-31-23-12-8-7-11-22(23)27(34(29,30)20-16-14-19(32-3)15-17-20)18-25(28)26-21-10-6-9-13-24(21)33-5-2/h6-17H,4-5,18H2,1-3H3,(H,26,28). The van der Waals surface area contributed by atoms with Gasteiger partial charge in [0.2, 0.25) is 5.91 Å². The highest BCUT2D eigenvalue weighted by molar-refractivity contribution is 7.99. The van der Waals surface area contributed by atoms with E-state index in [-0.39, 0.29) is 4.90 Å². The molecule has 34 heavy (non-hydrogen) atoms. The summed E-state index contributed by atoms with van der Waals surface area (Å²) in [5.74, 6) is 0.796. The lowest BCUT2D eigenvalue weighted by molar-refractivity contribution is -0.114. The fourth-order valence-electron chi connectivity index (χ4n) is 3.29. The number of nitrogens with zero attached hydrogens (tertiary/aromatic N) is 1. The third-order valence-corrected chi connectivity index (χ3v) is 8.30. The zero-order chi connectivity index (χ0) is 24.6. The zero-order valence-electron chi connectivity index (χ0n) is 19.4. The molecule has 1 amide bonds. The van der Waals surface area contributed by atoms with Gasteiger partial charge in [-0.3, -0.25) is 9.10 Å². The second-order valence-corrected chi connectivity index (χ2v) is 11.1. The van der Waals surface area contributed by atoms with Crippen LogP contribution >= 0.6 is 23.5 Å². The minimum absolute atomic E-state index is 0.103. The molecule has 0 bridgehead atoms. The molecule has 180 valence electrons. The van der Waals surface area contributed by atoms with E-state index in [1.807, 2.05) is 44.4 Å². The van der Waals surface area contributed by atoms with Crippen LogP contribution in [0.4, 0.5) is 11.4 Å². The SMILES string of the molecule is CCOc1ccccc1N(CC(=O)Nc1ccccc1SCC)S(=O)(=O)c1ccc(SC)cc1. The van der Waals surface area contributed by atoms with Crippen molar-refractivity contribution in [3.8, 4) is 5.75 Å². The maximum atomic E-state index is 13.7. The molecule has 0 radical (unpaired) electrons. The Morgan fingerprint density at radius 3 is 2.32 bits per heavy atom. The Kier molecular flexibility index (Phi) is 9.32. The van der Waals surface area contributed by atoms with Gasteiger partial charge in [-0.1, -0.05) is 31.2 Å². The monoisotopic (exact) mass is 516 g/mol. The molecule has 0 aromatic heterocycles. The number of amides is 1. The molecule has 3 aromatic carbocycles. The van der Waals surface area contributed by atoms with E-state index < -0.39 is 22.5 Å². The lowest BCUT2D eigenvalue weighted by Crippen LogP contribution is -2.38. The van der Waals surface area contributed by atoms with Crippen LogP contribution in [0.3, 0.4) is 0 Å². The highest BCUT2D eigenvalue weighted by Gasteiger charge is 2.29. The number of para-hydroxylation sites is 3. The van der Waals surface area contributed by atoms with Gasteiger partial charge in [-0.05, 0) is 67.5 Å². The summed E-state index contributed by atoms with van der Waals surface area (Å²) in [6.07, 6.45) is 1.92. The molecule has 0 unspecified atom stereocenters. The van der Waals surface area contributed by atoms with Crippen LogP contribution in [0.5, 0.6) is 5.75 Å². The Morgan fingerprint density at radius 2 is 1.65 bits per heavy atom. The number of carbonyl (C=O) groups excluding carboxylic acids is 1. The molecule has 3 rings (SSSR count). The van der Waals surface area contributed by atoms with Crippen molar-refractivity contribution < 1.29 is 17.9 Å². The summed E-state index contributed by atoms with van der Waals surface area (Å²) in [5, 5.41) is 2.88. The van der Waals surface area contributed by atoms with E-state index in [2.05, 4.69) is 5.32 Å². The van der Waals surface area contributed by atoms with E-state index in [1.54, 1.807) is 60.3 Å². The van der Waals surface area contributed by atoms with Crippen molar-refractivity contribution in [2.75, 3.05) is 34.8 Å². The average Bonchev–Trinajstić information content (AvgIpc) is 2.84. The van der Waals surface area contributed by atoms with E-state index in [4.69, 9.17) is 4.74 Å². The third-order valence-electron chi connectivity index (χ3n) is 4.83. The van der Waals surface area contributed by atoms with Gasteiger partial charge in [0.05, 0.1) is 22.9 Å². The van der Waals surface area contributed by atoms with Crippen LogP contribution in [0.1, 0.15) is 13.8 Å². The fraction of sp³-hybridized carbons (Fsp3) is 0.240. The third kappa shape index (κ3) is 6.28. The van der Waals surface area contributed by atoms with E-state index in [9.17, 15) is 13.2 Å². The first-order chi connectivity index (χ1) is 16.4. The molecule has 3 aromatic rings. The molecule has 0 aliphatic rings. The van der Waals surface area contributed by atoms with Crippen molar-refractivity contribution in [1.82, 2.24) is 0 Å². The summed E-state index contributed by atoms with van der Waals surface area (Å²) in [6, 6.07) is 20.9. The molecule has 0 aliphatic heterocycles.